The van der Waals surface area contributed by atoms with Crippen LogP contribution in [0.1, 0.15) is 126 Å². The number of aryl methyl sites for hydroxylation is 1. The van der Waals surface area contributed by atoms with Gasteiger partial charge in [-0.25, -0.2) is 14.3 Å². The summed E-state index contributed by atoms with van der Waals surface area (Å²) in [6.45, 7) is 11.3. The van der Waals surface area contributed by atoms with E-state index in [0.29, 0.717) is 35.6 Å². The predicted molar refractivity (Wildman–Crippen MR) is 253 cm³/mol. The van der Waals surface area contributed by atoms with E-state index in [-0.39, 0.29) is 78.9 Å². The molecule has 20 nitrogen and oxygen atoms in total. The Labute approximate surface area is 401 Å². The predicted octanol–water partition coefficient (Wildman–Crippen LogP) is 5.73. The molecule has 0 bridgehead atoms. The van der Waals surface area contributed by atoms with E-state index in [1.54, 1.807) is 11.9 Å². The molecule has 0 saturated carbocycles. The number of piperidine rings is 1. The van der Waals surface area contributed by atoms with Gasteiger partial charge in [-0.15, -0.1) is 11.3 Å². The maximum atomic E-state index is 14.3. The fourth-order valence-electron chi connectivity index (χ4n) is 7.71. The lowest BCUT2D eigenvalue weighted by Gasteiger charge is -2.38. The number of esters is 1. The third-order valence-electron chi connectivity index (χ3n) is 11.7. The highest BCUT2D eigenvalue weighted by molar-refractivity contribution is 7.80. The zero-order chi connectivity index (χ0) is 50.2. The number of aromatic nitrogens is 1. The highest BCUT2D eigenvalue weighted by Gasteiger charge is 2.37. The highest BCUT2D eigenvalue weighted by Crippen LogP contribution is 2.37. The Kier molecular flexibility index (Phi) is 22.7. The Balaban J connectivity index is 1.85. The van der Waals surface area contributed by atoms with Crippen LogP contribution in [0.4, 0.5) is 10.5 Å². The fourth-order valence-corrected chi connectivity index (χ4v) is 8.94. The van der Waals surface area contributed by atoms with Gasteiger partial charge >= 0.3 is 25.9 Å². The van der Waals surface area contributed by atoms with Crippen LogP contribution in [0, 0.1) is 17.8 Å². The molecular weight excluding hydrogens is 932 g/mol. The molecule has 6 N–H and O–H groups in total. The largest absolute Gasteiger partial charge is 0.529 e. The molecule has 1 saturated heterocycles. The Bertz CT molecular complexity index is 2080. The number of carboxylic acids is 1. The van der Waals surface area contributed by atoms with Crippen LogP contribution in [-0.2, 0) is 44.2 Å². The van der Waals surface area contributed by atoms with Gasteiger partial charge in [0.1, 0.15) is 16.7 Å². The van der Waals surface area contributed by atoms with E-state index in [1.807, 2.05) is 39.6 Å². The van der Waals surface area contributed by atoms with Crippen LogP contribution in [-0.4, -0.2) is 122 Å². The number of thiol groups is 1. The van der Waals surface area contributed by atoms with E-state index in [4.69, 9.17) is 19.3 Å². The van der Waals surface area contributed by atoms with Crippen molar-refractivity contribution in [2.45, 2.75) is 136 Å². The van der Waals surface area contributed by atoms with E-state index >= 15 is 0 Å². The number of nitrogens with zero attached hydrogens (tertiary/aromatic N) is 3. The van der Waals surface area contributed by atoms with Gasteiger partial charge in [0.05, 0.1) is 17.6 Å². The van der Waals surface area contributed by atoms with Gasteiger partial charge in [-0.2, -0.15) is 12.6 Å². The summed E-state index contributed by atoms with van der Waals surface area (Å²) >= 11 is 5.19. The number of amides is 4. The van der Waals surface area contributed by atoms with Crippen molar-refractivity contribution >= 4 is 79.2 Å². The number of thiazole rings is 1. The molecule has 1 aromatic carbocycles. The molecule has 0 spiro atoms. The molecule has 1 aliphatic rings. The van der Waals surface area contributed by atoms with Crippen LogP contribution < -0.4 is 20.7 Å². The number of rotatable bonds is 25. The number of phosphoric acid groups is 1. The zero-order valence-electron chi connectivity index (χ0n) is 39.4. The summed E-state index contributed by atoms with van der Waals surface area (Å²) < 4.78 is 25.9. The molecule has 1 fully saturated rings. The SMILES string of the molecule is CC[C@H](C)[C@H](NC(=O)[C@H]1CCCCN1C)C(=O)N(C)[C@H](C[C@@H](OC(C)=O)c1nc(C(=O)N[C@@H](CCc2ccc(OC(=O)OP(=O)(O)O)c(NC(=O)CCCS)c2)CC(C)C(=O)O)cs1)C(C)C. The number of phosphoric ester groups is 1. The van der Waals surface area contributed by atoms with Crippen molar-refractivity contribution < 1.29 is 67.0 Å². The van der Waals surface area contributed by atoms with Crippen molar-refractivity contribution in [2.24, 2.45) is 17.8 Å². The molecule has 0 aliphatic carbocycles. The number of ether oxygens (including phenoxy) is 2. The molecule has 1 aliphatic heterocycles. The number of nitrogens with one attached hydrogen (secondary N) is 3. The van der Waals surface area contributed by atoms with Crippen LogP contribution in [0.15, 0.2) is 23.6 Å². The molecule has 3 rings (SSSR count). The van der Waals surface area contributed by atoms with Crippen molar-refractivity contribution in [2.75, 3.05) is 31.7 Å². The summed E-state index contributed by atoms with van der Waals surface area (Å²) in [4.78, 5) is 117. The van der Waals surface area contributed by atoms with Crippen molar-refractivity contribution in [1.29, 1.82) is 0 Å². The normalized spacial score (nSPS) is 16.9. The van der Waals surface area contributed by atoms with Crippen LogP contribution in [0.25, 0.3) is 0 Å². The molecule has 0 radical (unpaired) electrons. The summed E-state index contributed by atoms with van der Waals surface area (Å²) in [6, 6.07) is 1.92. The molecule has 23 heteroatoms. The number of likely N-dealkylation sites (N-methyl/N-ethyl adjacent to an activating group) is 2. The first-order valence-corrected chi connectivity index (χ1v) is 25.4. The van der Waals surface area contributed by atoms with Crippen molar-refractivity contribution in [3.05, 3.63) is 39.8 Å². The lowest BCUT2D eigenvalue weighted by Crippen LogP contribution is -2.58. The van der Waals surface area contributed by atoms with E-state index in [2.05, 4.69) is 38.1 Å². The first-order valence-electron chi connectivity index (χ1n) is 22.4. The number of anilines is 1. The number of carbonyl (C=O) groups is 7. The highest BCUT2D eigenvalue weighted by atomic mass is 32.1. The monoisotopic (exact) mass is 998 g/mol. The van der Waals surface area contributed by atoms with Crippen LogP contribution in [0.5, 0.6) is 5.75 Å². The van der Waals surface area contributed by atoms with Crippen molar-refractivity contribution in [3.8, 4) is 5.75 Å². The van der Waals surface area contributed by atoms with Gasteiger partial charge in [-0.05, 0) is 87.4 Å². The summed E-state index contributed by atoms with van der Waals surface area (Å²) in [5, 5.41) is 20.1. The third kappa shape index (κ3) is 18.4. The molecule has 1 aromatic heterocycles. The average Bonchev–Trinajstić information content (AvgIpc) is 3.75. The van der Waals surface area contributed by atoms with Gasteiger partial charge in [-0.3, -0.25) is 43.5 Å². The topological polar surface area (TPSA) is 280 Å². The van der Waals surface area contributed by atoms with Gasteiger partial charge in [0, 0.05) is 44.3 Å². The van der Waals surface area contributed by atoms with Gasteiger partial charge in [-0.1, -0.05) is 53.5 Å². The molecule has 4 amide bonds. The van der Waals surface area contributed by atoms with E-state index in [9.17, 15) is 43.2 Å². The molecule has 7 atom stereocenters. The Morgan fingerprint density at radius 2 is 1.76 bits per heavy atom. The minimum absolute atomic E-state index is 0.0128. The quantitative estimate of drug-likeness (QED) is 0.0271. The Morgan fingerprint density at radius 1 is 1.06 bits per heavy atom. The number of hydrogen-bond acceptors (Lipinski definition) is 15. The molecular formula is C44H67N6O14PS2. The van der Waals surface area contributed by atoms with Crippen molar-refractivity contribution in [3.63, 3.8) is 0 Å². The number of carboxylic acid groups (broad SMARTS) is 1. The number of carbonyl (C=O) groups excluding carboxylic acids is 6. The van der Waals surface area contributed by atoms with Crippen LogP contribution >= 0.6 is 31.8 Å². The summed E-state index contributed by atoms with van der Waals surface area (Å²) in [5.74, 6) is -4.29. The maximum Gasteiger partial charge on any atom is 0.529 e. The number of benzene rings is 1. The minimum Gasteiger partial charge on any atom is -0.481 e. The molecule has 374 valence electrons. The van der Waals surface area contributed by atoms with Gasteiger partial charge in [0.15, 0.2) is 11.9 Å². The average molecular weight is 999 g/mol. The maximum absolute atomic E-state index is 14.3. The van der Waals surface area contributed by atoms with E-state index in [0.717, 1.165) is 30.7 Å². The third-order valence-corrected chi connectivity index (χ3v) is 13.3. The smallest absolute Gasteiger partial charge is 0.481 e. The standard InChI is InChI=1S/C44H67N6O14PS2/c1-9-26(4)38(48-40(54)33-13-10-11-19-49(33)7)42(55)50(8)34(25(2)3)23-36(62-28(6)51)41-47-32(24-67-41)39(53)45-30(21-27(5)43(56)57)17-15-29-16-18-35(63-44(58)64-65(59,60)61)31(22-29)46-37(52)14-12-20-66/h16,18,22,24-27,30,33-34,36,38,66H,9-15,17,19-21,23H2,1-8H3,(H,45,53)(H,46,52)(H,48,54)(H,56,57)(H2,59,60,61)/t26-,27?,30-,33+,34+,36+,38-/m0/s1. The van der Waals surface area contributed by atoms with Crippen LogP contribution in [0.2, 0.25) is 0 Å². The lowest BCUT2D eigenvalue weighted by molar-refractivity contribution is -0.149. The number of aliphatic carboxylic acids is 1. The van der Waals surface area contributed by atoms with Gasteiger partial charge < -0.3 is 40.0 Å². The number of likely N-dealkylation sites (tertiary alicyclic amines) is 1. The first kappa shape index (κ1) is 56.7. The minimum atomic E-state index is -5.24. The van der Waals surface area contributed by atoms with Gasteiger partial charge in [0.2, 0.25) is 17.7 Å². The summed E-state index contributed by atoms with van der Waals surface area (Å²) in [6.07, 6.45) is 1.64. The second kappa shape index (κ2) is 26.8. The second-order valence-electron chi connectivity index (χ2n) is 17.4. The summed E-state index contributed by atoms with van der Waals surface area (Å²) in [5.41, 5.74) is 0.527. The van der Waals surface area contributed by atoms with Crippen LogP contribution in [0.3, 0.4) is 0 Å². The Hall–Kier alpha value is -4.60. The second-order valence-corrected chi connectivity index (χ2v) is 19.9. The van der Waals surface area contributed by atoms with E-state index in [1.165, 1.54) is 37.4 Å². The molecule has 67 heavy (non-hydrogen) atoms. The molecule has 2 heterocycles. The molecule has 2 aromatic rings. The first-order chi connectivity index (χ1) is 31.4. The number of hydrogen-bond donors (Lipinski definition) is 7. The summed E-state index contributed by atoms with van der Waals surface area (Å²) in [7, 11) is -1.66. The Morgan fingerprint density at radius 3 is 2.36 bits per heavy atom. The lowest BCUT2D eigenvalue weighted by atomic mass is 9.92. The van der Waals surface area contributed by atoms with E-state index < -0.39 is 67.9 Å². The molecule has 1 unspecified atom stereocenters. The fraction of sp³-hybridized carbons (Fsp3) is 0.636. The van der Waals surface area contributed by atoms with Gasteiger partial charge in [0.25, 0.3) is 5.91 Å². The zero-order valence-corrected chi connectivity index (χ0v) is 42.0. The van der Waals surface area contributed by atoms with Crippen molar-refractivity contribution in [1.82, 2.24) is 25.4 Å².